The van der Waals surface area contributed by atoms with Crippen LogP contribution in [-0.4, -0.2) is 11.6 Å². The van der Waals surface area contributed by atoms with Gasteiger partial charge in [0.05, 0.1) is 0 Å². The molecule has 0 aliphatic heterocycles. The van der Waals surface area contributed by atoms with Crippen molar-refractivity contribution in [2.24, 2.45) is 0 Å². The van der Waals surface area contributed by atoms with Crippen molar-refractivity contribution in [1.29, 1.82) is 0 Å². The Labute approximate surface area is 174 Å². The van der Waals surface area contributed by atoms with E-state index in [0.29, 0.717) is 0 Å². The molecule has 0 saturated carbocycles. The first-order chi connectivity index (χ1) is 13.5. The number of carbonyl (C=O) groups excluding carboxylic acids is 2. The Hall–Kier alpha value is -2.56. The molecule has 2 N–H and O–H groups in total. The van der Waals surface area contributed by atoms with Gasteiger partial charge in [-0.3, -0.25) is 9.59 Å². The number of benzene rings is 2. The van der Waals surface area contributed by atoms with E-state index >= 15 is 0 Å². The molecule has 0 spiro atoms. The van der Waals surface area contributed by atoms with E-state index in [-0.39, 0.29) is 21.5 Å². The Morgan fingerprint density at radius 2 is 1.04 bits per heavy atom. The largest absolute Gasteiger partial charge is 0.351 e. The zero-order chi connectivity index (χ0) is 20.3. The van der Waals surface area contributed by atoms with Crippen LogP contribution in [0.3, 0.4) is 0 Å². The highest BCUT2D eigenvalue weighted by Gasteiger charge is 2.34. The smallest absolute Gasteiger partial charge is 0.224 e. The first kappa shape index (κ1) is 20.2. The third-order valence-electron chi connectivity index (χ3n) is 4.61. The molecule has 2 aromatic carbocycles. The molecular weight excluding hydrogens is 395 g/mol. The zero-order valence-corrected chi connectivity index (χ0v) is 17.1. The average molecular weight is 415 g/mol. The average Bonchev–Trinajstić information content (AvgIpc) is 2.73. The number of rotatable bonds is 6. The molecule has 0 saturated heterocycles. The number of allylic oxidation sites excluding steroid dienone is 2. The van der Waals surface area contributed by atoms with Crippen LogP contribution in [-0.2, 0) is 22.4 Å². The fourth-order valence-electron chi connectivity index (χ4n) is 3.04. The normalized spacial score (nSPS) is 14.6. The highest BCUT2D eigenvalue weighted by atomic mass is 35.5. The maximum absolute atomic E-state index is 12.9. The Balaban J connectivity index is 1.94. The number of Topliss-reactive ketones (excluding diaryl/α,β-unsaturated/α-hetero) is 2. The van der Waals surface area contributed by atoms with Gasteiger partial charge in [0.15, 0.2) is 0 Å². The van der Waals surface area contributed by atoms with Crippen molar-refractivity contribution in [3.63, 3.8) is 0 Å². The monoisotopic (exact) mass is 414 g/mol. The number of anilines is 2. The van der Waals surface area contributed by atoms with Crippen molar-refractivity contribution < 1.29 is 9.59 Å². The van der Waals surface area contributed by atoms with Crippen molar-refractivity contribution in [1.82, 2.24) is 0 Å². The number of para-hydroxylation sites is 2. The summed E-state index contributed by atoms with van der Waals surface area (Å²) < 4.78 is 0. The summed E-state index contributed by atoms with van der Waals surface area (Å²) in [6, 6.07) is 15.1. The molecule has 0 heterocycles. The third-order valence-corrected chi connectivity index (χ3v) is 5.33. The minimum Gasteiger partial charge on any atom is -0.351 e. The van der Waals surface area contributed by atoms with E-state index in [1.807, 2.05) is 62.4 Å². The summed E-state index contributed by atoms with van der Waals surface area (Å²) in [5.41, 5.74) is 3.42. The van der Waals surface area contributed by atoms with Crippen molar-refractivity contribution in [2.75, 3.05) is 10.6 Å². The second-order valence-electron chi connectivity index (χ2n) is 6.31. The molecule has 0 fully saturated rings. The molecule has 2 aromatic rings. The fraction of sp³-hybridized carbons (Fsp3) is 0.182. The molecular formula is C22H20Cl2N2O2. The maximum atomic E-state index is 12.9. The van der Waals surface area contributed by atoms with Crippen molar-refractivity contribution in [2.45, 2.75) is 26.7 Å². The fourth-order valence-corrected chi connectivity index (χ4v) is 3.49. The van der Waals surface area contributed by atoms with Gasteiger partial charge in [0, 0.05) is 11.4 Å². The molecule has 0 unspecified atom stereocenters. The van der Waals surface area contributed by atoms with E-state index in [0.717, 1.165) is 35.3 Å². The summed E-state index contributed by atoms with van der Waals surface area (Å²) >= 11 is 12.6. The van der Waals surface area contributed by atoms with Crippen LogP contribution in [0, 0.1) is 0 Å². The van der Waals surface area contributed by atoms with Crippen molar-refractivity contribution in [3.05, 3.63) is 81.1 Å². The van der Waals surface area contributed by atoms with Crippen molar-refractivity contribution in [3.8, 4) is 0 Å². The topological polar surface area (TPSA) is 58.2 Å². The van der Waals surface area contributed by atoms with E-state index in [4.69, 9.17) is 23.2 Å². The summed E-state index contributed by atoms with van der Waals surface area (Å²) in [7, 11) is 0. The Kier molecular flexibility index (Phi) is 6.22. The van der Waals surface area contributed by atoms with Gasteiger partial charge in [0.1, 0.15) is 21.5 Å². The summed E-state index contributed by atoms with van der Waals surface area (Å²) in [5.74, 6) is -1.04. The molecule has 28 heavy (non-hydrogen) atoms. The molecule has 144 valence electrons. The molecule has 0 amide bonds. The Bertz CT molecular complexity index is 928. The second kappa shape index (κ2) is 8.63. The van der Waals surface area contributed by atoms with Crippen LogP contribution < -0.4 is 10.6 Å². The summed E-state index contributed by atoms with van der Waals surface area (Å²) in [6.07, 6.45) is 1.53. The number of hydrogen-bond acceptors (Lipinski definition) is 4. The number of nitrogens with one attached hydrogen (secondary N) is 2. The van der Waals surface area contributed by atoms with Gasteiger partial charge in [-0.05, 0) is 36.1 Å². The first-order valence-corrected chi connectivity index (χ1v) is 9.82. The number of hydrogen-bond donors (Lipinski definition) is 2. The van der Waals surface area contributed by atoms with Gasteiger partial charge < -0.3 is 10.6 Å². The van der Waals surface area contributed by atoms with Gasteiger partial charge in [0.2, 0.25) is 11.6 Å². The van der Waals surface area contributed by atoms with E-state index in [1.165, 1.54) is 0 Å². The lowest BCUT2D eigenvalue weighted by atomic mass is 10.0. The predicted molar refractivity (Wildman–Crippen MR) is 115 cm³/mol. The second-order valence-corrected chi connectivity index (χ2v) is 7.06. The molecule has 0 bridgehead atoms. The van der Waals surface area contributed by atoms with Crippen LogP contribution in [0.2, 0.25) is 0 Å². The van der Waals surface area contributed by atoms with Crippen LogP contribution in [0.1, 0.15) is 25.0 Å². The molecule has 0 atom stereocenters. The van der Waals surface area contributed by atoms with Gasteiger partial charge in [0.25, 0.3) is 0 Å². The SMILES string of the molecule is CCc1ccccc1NC1=C(Cl)C(=O)C(Nc2ccccc2CC)=C(Cl)C1=O. The molecule has 0 radical (unpaired) electrons. The minimum absolute atomic E-state index is 0.00751. The Morgan fingerprint density at radius 1 is 0.679 bits per heavy atom. The molecule has 3 rings (SSSR count). The van der Waals surface area contributed by atoms with Gasteiger partial charge in [-0.15, -0.1) is 0 Å². The lowest BCUT2D eigenvalue weighted by Crippen LogP contribution is -2.27. The van der Waals surface area contributed by atoms with Crippen LogP contribution in [0.5, 0.6) is 0 Å². The number of carbonyl (C=O) groups is 2. The number of ketones is 2. The highest BCUT2D eigenvalue weighted by molar-refractivity contribution is 6.56. The third kappa shape index (κ3) is 3.84. The summed E-state index contributed by atoms with van der Waals surface area (Å²) in [4.78, 5) is 25.7. The lowest BCUT2D eigenvalue weighted by Gasteiger charge is -2.22. The minimum atomic E-state index is -0.520. The quantitative estimate of drug-likeness (QED) is 0.622. The first-order valence-electron chi connectivity index (χ1n) is 9.06. The Morgan fingerprint density at radius 3 is 1.39 bits per heavy atom. The van der Waals surface area contributed by atoms with Crippen LogP contribution in [0.25, 0.3) is 0 Å². The van der Waals surface area contributed by atoms with Gasteiger partial charge in [-0.1, -0.05) is 73.4 Å². The molecule has 6 heteroatoms. The molecule has 0 aromatic heterocycles. The lowest BCUT2D eigenvalue weighted by molar-refractivity contribution is -0.115. The van der Waals surface area contributed by atoms with E-state index < -0.39 is 11.6 Å². The van der Waals surface area contributed by atoms with Crippen LogP contribution >= 0.6 is 23.2 Å². The van der Waals surface area contributed by atoms with Crippen LogP contribution in [0.4, 0.5) is 11.4 Å². The molecule has 1 aliphatic carbocycles. The van der Waals surface area contributed by atoms with E-state index in [9.17, 15) is 9.59 Å². The molecule has 4 nitrogen and oxygen atoms in total. The summed E-state index contributed by atoms with van der Waals surface area (Å²) in [5, 5.41) is 5.63. The highest BCUT2D eigenvalue weighted by Crippen LogP contribution is 2.32. The standard InChI is InChI=1S/C22H20Cl2N2O2/c1-3-13-9-5-7-11-15(13)25-19-17(23)22(28)20(18(24)21(19)27)26-16-12-8-6-10-14(16)4-2/h5-12,25-26H,3-4H2,1-2H3. The van der Waals surface area contributed by atoms with Gasteiger partial charge >= 0.3 is 0 Å². The van der Waals surface area contributed by atoms with Crippen LogP contribution in [0.15, 0.2) is 70.0 Å². The maximum Gasteiger partial charge on any atom is 0.224 e. The zero-order valence-electron chi connectivity index (χ0n) is 15.6. The predicted octanol–water partition coefficient (Wildman–Crippen LogP) is 5.39. The van der Waals surface area contributed by atoms with Crippen molar-refractivity contribution >= 4 is 46.1 Å². The summed E-state index contributed by atoms with van der Waals surface area (Å²) in [6.45, 7) is 4.01. The van der Waals surface area contributed by atoms with E-state index in [2.05, 4.69) is 10.6 Å². The van der Waals surface area contributed by atoms with E-state index in [1.54, 1.807) is 0 Å². The van der Waals surface area contributed by atoms with Gasteiger partial charge in [-0.25, -0.2) is 0 Å². The molecule has 1 aliphatic rings. The number of halogens is 2. The number of aryl methyl sites for hydroxylation is 2. The van der Waals surface area contributed by atoms with Gasteiger partial charge in [-0.2, -0.15) is 0 Å².